The molecule has 0 amide bonds. The molecule has 0 aliphatic heterocycles. The lowest BCUT2D eigenvalue weighted by molar-refractivity contribution is 0.643. The van der Waals surface area contributed by atoms with Gasteiger partial charge in [-0.2, -0.15) is 0 Å². The van der Waals surface area contributed by atoms with Gasteiger partial charge in [-0.1, -0.05) is 13.0 Å². The third kappa shape index (κ3) is 3.77. The zero-order valence-corrected chi connectivity index (χ0v) is 13.2. The highest BCUT2D eigenvalue weighted by atomic mass is 32.1. The van der Waals surface area contributed by atoms with E-state index in [0.717, 1.165) is 35.9 Å². The molecule has 0 aromatic carbocycles. The van der Waals surface area contributed by atoms with Gasteiger partial charge >= 0.3 is 0 Å². The summed E-state index contributed by atoms with van der Waals surface area (Å²) in [5.41, 5.74) is 8.37. The molecule has 5 heteroatoms. The molecular formula is C15H22N4S. The first-order chi connectivity index (χ1) is 9.60. The van der Waals surface area contributed by atoms with E-state index >= 15 is 0 Å². The van der Waals surface area contributed by atoms with Crippen molar-refractivity contribution in [1.29, 1.82) is 0 Å². The zero-order valence-electron chi connectivity index (χ0n) is 12.3. The van der Waals surface area contributed by atoms with Crippen molar-refractivity contribution in [3.05, 3.63) is 40.0 Å². The molecule has 2 aromatic heterocycles. The second kappa shape index (κ2) is 6.81. The zero-order chi connectivity index (χ0) is 14.5. The molecule has 2 heterocycles. The van der Waals surface area contributed by atoms with Crippen molar-refractivity contribution >= 4 is 17.2 Å². The summed E-state index contributed by atoms with van der Waals surface area (Å²) in [6.07, 6.45) is 3.67. The molecule has 0 bridgehead atoms. The lowest BCUT2D eigenvalue weighted by Crippen LogP contribution is -2.25. The summed E-state index contributed by atoms with van der Waals surface area (Å²) in [6, 6.07) is 4.27. The van der Waals surface area contributed by atoms with Gasteiger partial charge in [0.25, 0.3) is 0 Å². The van der Waals surface area contributed by atoms with Crippen LogP contribution in [0, 0.1) is 6.92 Å². The fraction of sp³-hybridized carbons (Fsp3) is 0.467. The molecule has 20 heavy (non-hydrogen) atoms. The lowest BCUT2D eigenvalue weighted by atomic mass is 10.1. The van der Waals surface area contributed by atoms with Crippen LogP contribution in [0.25, 0.3) is 0 Å². The summed E-state index contributed by atoms with van der Waals surface area (Å²) in [5, 5.41) is 3.20. The van der Waals surface area contributed by atoms with E-state index in [1.807, 2.05) is 19.2 Å². The maximum absolute atomic E-state index is 6.07. The largest absolute Gasteiger partial charge is 0.354 e. The van der Waals surface area contributed by atoms with Crippen molar-refractivity contribution in [3.63, 3.8) is 0 Å². The number of anilines is 1. The Labute approximate surface area is 124 Å². The minimum absolute atomic E-state index is 0.188. The number of hydrogen-bond acceptors (Lipinski definition) is 5. The van der Waals surface area contributed by atoms with Gasteiger partial charge in [0.2, 0.25) is 0 Å². The van der Waals surface area contributed by atoms with E-state index in [0.29, 0.717) is 0 Å². The summed E-state index contributed by atoms with van der Waals surface area (Å²) in [6.45, 7) is 4.92. The fourth-order valence-electron chi connectivity index (χ4n) is 2.16. The highest BCUT2D eigenvalue weighted by Crippen LogP contribution is 2.20. The van der Waals surface area contributed by atoms with Gasteiger partial charge in [-0.05, 0) is 31.4 Å². The number of rotatable bonds is 6. The highest BCUT2D eigenvalue weighted by molar-refractivity contribution is 7.09. The maximum atomic E-state index is 6.07. The first-order valence-corrected chi connectivity index (χ1v) is 7.79. The molecular weight excluding hydrogens is 268 g/mol. The minimum atomic E-state index is 0.188. The van der Waals surface area contributed by atoms with Crippen LogP contribution in [0.2, 0.25) is 0 Å². The number of hydrogen-bond donors (Lipinski definition) is 1. The predicted octanol–water partition coefficient (Wildman–Crippen LogP) is 2.76. The average Bonchev–Trinajstić information content (AvgIpc) is 2.84. The maximum Gasteiger partial charge on any atom is 0.131 e. The molecule has 2 aromatic rings. The summed E-state index contributed by atoms with van der Waals surface area (Å²) in [4.78, 5) is 11.2. The Balaban J connectivity index is 2.14. The van der Waals surface area contributed by atoms with Gasteiger partial charge in [0.1, 0.15) is 5.82 Å². The fourth-order valence-corrected chi connectivity index (χ4v) is 2.76. The predicted molar refractivity (Wildman–Crippen MR) is 85.2 cm³/mol. The SMILES string of the molecule is CCC(N)Cc1cccnc1N(C)Cc1csc(C)n1. The number of pyridine rings is 1. The topological polar surface area (TPSA) is 55.0 Å². The van der Waals surface area contributed by atoms with Crippen molar-refractivity contribution in [2.45, 2.75) is 39.3 Å². The van der Waals surface area contributed by atoms with E-state index in [4.69, 9.17) is 5.73 Å². The van der Waals surface area contributed by atoms with E-state index < -0.39 is 0 Å². The molecule has 0 saturated heterocycles. The Morgan fingerprint density at radius 2 is 2.25 bits per heavy atom. The van der Waals surface area contributed by atoms with Gasteiger partial charge in [-0.25, -0.2) is 9.97 Å². The number of nitrogens with two attached hydrogens (primary N) is 1. The van der Waals surface area contributed by atoms with E-state index in [-0.39, 0.29) is 6.04 Å². The summed E-state index contributed by atoms with van der Waals surface area (Å²) >= 11 is 1.68. The Bertz CT molecular complexity index is 552. The molecule has 4 nitrogen and oxygen atoms in total. The number of nitrogens with zero attached hydrogens (tertiary/aromatic N) is 3. The molecule has 2 N–H and O–H groups in total. The summed E-state index contributed by atoms with van der Waals surface area (Å²) in [7, 11) is 2.05. The van der Waals surface area contributed by atoms with E-state index in [1.54, 1.807) is 11.3 Å². The third-order valence-electron chi connectivity index (χ3n) is 3.30. The van der Waals surface area contributed by atoms with Gasteiger partial charge in [0.05, 0.1) is 17.2 Å². The third-order valence-corrected chi connectivity index (χ3v) is 4.12. The van der Waals surface area contributed by atoms with Crippen LogP contribution in [0.3, 0.4) is 0 Å². The second-order valence-electron chi connectivity index (χ2n) is 5.07. The summed E-state index contributed by atoms with van der Waals surface area (Å²) < 4.78 is 0. The van der Waals surface area contributed by atoms with Crippen molar-refractivity contribution in [2.24, 2.45) is 5.73 Å². The van der Waals surface area contributed by atoms with Gasteiger partial charge in [-0.15, -0.1) is 11.3 Å². The molecule has 0 radical (unpaired) electrons. The lowest BCUT2D eigenvalue weighted by Gasteiger charge is -2.21. The van der Waals surface area contributed by atoms with Crippen LogP contribution in [0.5, 0.6) is 0 Å². The Morgan fingerprint density at radius 3 is 2.90 bits per heavy atom. The van der Waals surface area contributed by atoms with Crippen LogP contribution in [-0.2, 0) is 13.0 Å². The minimum Gasteiger partial charge on any atom is -0.354 e. The van der Waals surface area contributed by atoms with Crippen LogP contribution in [0.1, 0.15) is 29.6 Å². The molecule has 2 rings (SSSR count). The van der Waals surface area contributed by atoms with Crippen molar-refractivity contribution in [2.75, 3.05) is 11.9 Å². The molecule has 1 atom stereocenters. The van der Waals surface area contributed by atoms with E-state index in [1.165, 1.54) is 5.56 Å². The number of thiazole rings is 1. The standard InChI is InChI=1S/C15H22N4S/c1-4-13(16)8-12-6-5-7-17-15(12)19(3)9-14-10-20-11(2)18-14/h5-7,10,13H,4,8-9,16H2,1-3H3. The molecule has 0 aliphatic carbocycles. The van der Waals surface area contributed by atoms with Gasteiger partial charge in [-0.3, -0.25) is 0 Å². The molecule has 0 spiro atoms. The number of aromatic nitrogens is 2. The Hall–Kier alpha value is -1.46. The van der Waals surface area contributed by atoms with Crippen LogP contribution in [0.15, 0.2) is 23.7 Å². The van der Waals surface area contributed by atoms with Gasteiger partial charge in [0.15, 0.2) is 0 Å². The van der Waals surface area contributed by atoms with E-state index in [9.17, 15) is 0 Å². The molecule has 0 fully saturated rings. The normalized spacial score (nSPS) is 12.4. The van der Waals surface area contributed by atoms with Crippen LogP contribution in [0.4, 0.5) is 5.82 Å². The summed E-state index contributed by atoms with van der Waals surface area (Å²) in [5.74, 6) is 1.00. The first-order valence-electron chi connectivity index (χ1n) is 6.91. The van der Waals surface area contributed by atoms with Gasteiger partial charge < -0.3 is 10.6 Å². The second-order valence-corrected chi connectivity index (χ2v) is 6.13. The molecule has 0 saturated carbocycles. The first kappa shape index (κ1) is 14.9. The van der Waals surface area contributed by atoms with Crippen molar-refractivity contribution in [1.82, 2.24) is 9.97 Å². The smallest absolute Gasteiger partial charge is 0.131 e. The molecule has 108 valence electrons. The Morgan fingerprint density at radius 1 is 1.45 bits per heavy atom. The molecule has 0 aliphatic rings. The number of aryl methyl sites for hydroxylation is 1. The van der Waals surface area contributed by atoms with Gasteiger partial charge in [0, 0.05) is 24.7 Å². The van der Waals surface area contributed by atoms with Crippen LogP contribution >= 0.6 is 11.3 Å². The van der Waals surface area contributed by atoms with Crippen molar-refractivity contribution in [3.8, 4) is 0 Å². The van der Waals surface area contributed by atoms with Crippen LogP contribution < -0.4 is 10.6 Å². The highest BCUT2D eigenvalue weighted by Gasteiger charge is 2.12. The van der Waals surface area contributed by atoms with E-state index in [2.05, 4.69) is 40.3 Å². The monoisotopic (exact) mass is 290 g/mol. The Kier molecular flexibility index (Phi) is 5.09. The quantitative estimate of drug-likeness (QED) is 0.889. The average molecular weight is 290 g/mol. The van der Waals surface area contributed by atoms with Crippen LogP contribution in [-0.4, -0.2) is 23.1 Å². The van der Waals surface area contributed by atoms with Crippen molar-refractivity contribution < 1.29 is 0 Å². The molecule has 1 unspecified atom stereocenters.